The van der Waals surface area contributed by atoms with Crippen LogP contribution in [0.4, 0.5) is 0 Å². The summed E-state index contributed by atoms with van der Waals surface area (Å²) in [6.45, 7) is 8.85. The monoisotopic (exact) mass is 263 g/mol. The Morgan fingerprint density at radius 1 is 1.00 bits per heavy atom. The van der Waals surface area contributed by atoms with E-state index >= 15 is 0 Å². The third-order valence-corrected chi connectivity index (χ3v) is 6.93. The number of rotatable bonds is 1. The van der Waals surface area contributed by atoms with Crippen molar-refractivity contribution in [2.45, 2.75) is 63.2 Å². The van der Waals surface area contributed by atoms with Crippen molar-refractivity contribution in [1.29, 1.82) is 0 Å². The quantitative estimate of drug-likeness (QED) is 0.774. The topological polar surface area (TPSA) is 18.5 Å². The van der Waals surface area contributed by atoms with E-state index < -0.39 is 0 Å². The lowest BCUT2D eigenvalue weighted by Gasteiger charge is -2.46. The van der Waals surface area contributed by atoms with Gasteiger partial charge in [-0.05, 0) is 65.0 Å². The predicted octanol–water partition coefficient (Wildman–Crippen LogP) is 1.54. The Kier molecular flexibility index (Phi) is 2.78. The molecule has 4 atom stereocenters. The Labute approximate surface area is 117 Å². The molecule has 108 valence electrons. The van der Waals surface area contributed by atoms with Crippen LogP contribution in [-0.2, 0) is 0 Å². The molecule has 4 aliphatic heterocycles. The predicted molar refractivity (Wildman–Crippen MR) is 78.2 cm³/mol. The average Bonchev–Trinajstić information content (AvgIpc) is 2.96. The first kappa shape index (κ1) is 12.6. The fourth-order valence-electron chi connectivity index (χ4n) is 5.71. The molecule has 3 heteroatoms. The number of likely N-dealkylation sites (tertiary alicyclic amines) is 1. The Bertz CT molecular complexity index is 353. The molecule has 19 heavy (non-hydrogen) atoms. The molecule has 4 saturated heterocycles. The number of hydrogen-bond acceptors (Lipinski definition) is 3. The highest BCUT2D eigenvalue weighted by Crippen LogP contribution is 2.46. The summed E-state index contributed by atoms with van der Waals surface area (Å²) in [6, 6.07) is 2.60. The Balaban J connectivity index is 1.54. The van der Waals surface area contributed by atoms with Crippen LogP contribution < -0.4 is 5.32 Å². The smallest absolute Gasteiger partial charge is 0.0200 e. The normalized spacial score (nSPS) is 49.7. The molecule has 2 bridgehead atoms. The zero-order chi connectivity index (χ0) is 13.2. The van der Waals surface area contributed by atoms with Gasteiger partial charge in [0.15, 0.2) is 0 Å². The second-order valence-corrected chi connectivity index (χ2v) is 8.01. The van der Waals surface area contributed by atoms with Crippen molar-refractivity contribution in [3.05, 3.63) is 0 Å². The van der Waals surface area contributed by atoms with Crippen LogP contribution >= 0.6 is 0 Å². The van der Waals surface area contributed by atoms with Gasteiger partial charge in [0.05, 0.1) is 0 Å². The maximum Gasteiger partial charge on any atom is 0.0200 e. The SMILES string of the molecule is CN1C2CCC1CC(N1CC3CNCC3C1(C)C)C2. The number of hydrogen-bond donors (Lipinski definition) is 1. The Hall–Kier alpha value is -0.120. The molecule has 0 saturated carbocycles. The number of nitrogens with zero attached hydrogens (tertiary/aromatic N) is 2. The highest BCUT2D eigenvalue weighted by atomic mass is 15.3. The third-order valence-electron chi connectivity index (χ3n) is 6.93. The van der Waals surface area contributed by atoms with Gasteiger partial charge in [-0.2, -0.15) is 0 Å². The molecule has 4 fully saturated rings. The molecule has 0 spiro atoms. The zero-order valence-corrected chi connectivity index (χ0v) is 12.7. The first-order valence-corrected chi connectivity index (χ1v) is 8.26. The van der Waals surface area contributed by atoms with E-state index in [0.717, 1.165) is 30.0 Å². The van der Waals surface area contributed by atoms with Crippen LogP contribution in [0.25, 0.3) is 0 Å². The second-order valence-electron chi connectivity index (χ2n) is 8.01. The average molecular weight is 263 g/mol. The molecule has 3 nitrogen and oxygen atoms in total. The summed E-state index contributed by atoms with van der Waals surface area (Å²) in [4.78, 5) is 5.57. The van der Waals surface area contributed by atoms with Crippen molar-refractivity contribution in [2.75, 3.05) is 26.7 Å². The summed E-state index contributed by atoms with van der Waals surface area (Å²) in [5.41, 5.74) is 0.411. The fraction of sp³-hybridized carbons (Fsp3) is 1.00. The molecule has 0 aromatic heterocycles. The number of nitrogens with one attached hydrogen (secondary N) is 1. The van der Waals surface area contributed by atoms with Crippen LogP contribution in [0.5, 0.6) is 0 Å². The molecule has 0 aromatic rings. The summed E-state index contributed by atoms with van der Waals surface area (Å²) in [6.07, 6.45) is 5.73. The highest BCUT2D eigenvalue weighted by molar-refractivity contribution is 5.08. The number of fused-ring (bicyclic) bond motifs is 3. The van der Waals surface area contributed by atoms with Crippen LogP contribution in [0.2, 0.25) is 0 Å². The van der Waals surface area contributed by atoms with E-state index in [-0.39, 0.29) is 0 Å². The minimum Gasteiger partial charge on any atom is -0.316 e. The molecular formula is C16H29N3. The summed E-state index contributed by atoms with van der Waals surface area (Å²) in [5, 5.41) is 3.61. The maximum atomic E-state index is 3.61. The highest BCUT2D eigenvalue weighted by Gasteiger charge is 2.53. The van der Waals surface area contributed by atoms with E-state index in [0.29, 0.717) is 5.54 Å². The summed E-state index contributed by atoms with van der Waals surface area (Å²) >= 11 is 0. The van der Waals surface area contributed by atoms with Gasteiger partial charge in [-0.1, -0.05) is 0 Å². The van der Waals surface area contributed by atoms with Crippen molar-refractivity contribution in [3.8, 4) is 0 Å². The van der Waals surface area contributed by atoms with Gasteiger partial charge in [0, 0.05) is 36.8 Å². The van der Waals surface area contributed by atoms with Gasteiger partial charge in [-0.25, -0.2) is 0 Å². The Morgan fingerprint density at radius 2 is 1.68 bits per heavy atom. The van der Waals surface area contributed by atoms with E-state index in [1.54, 1.807) is 0 Å². The molecule has 0 amide bonds. The lowest BCUT2D eigenvalue weighted by Crippen LogP contribution is -2.55. The van der Waals surface area contributed by atoms with Crippen LogP contribution in [0.3, 0.4) is 0 Å². The molecule has 4 heterocycles. The molecule has 0 radical (unpaired) electrons. The van der Waals surface area contributed by atoms with E-state index in [2.05, 4.69) is 36.0 Å². The van der Waals surface area contributed by atoms with E-state index in [1.165, 1.54) is 45.3 Å². The van der Waals surface area contributed by atoms with Crippen molar-refractivity contribution < 1.29 is 0 Å². The lowest BCUT2D eigenvalue weighted by atomic mass is 9.83. The summed E-state index contributed by atoms with van der Waals surface area (Å²) < 4.78 is 0. The van der Waals surface area contributed by atoms with Crippen molar-refractivity contribution >= 4 is 0 Å². The zero-order valence-electron chi connectivity index (χ0n) is 12.7. The molecule has 4 rings (SSSR count). The number of piperidine rings is 1. The maximum absolute atomic E-state index is 3.61. The van der Waals surface area contributed by atoms with Crippen molar-refractivity contribution in [2.24, 2.45) is 11.8 Å². The van der Waals surface area contributed by atoms with E-state index in [1.807, 2.05) is 0 Å². The van der Waals surface area contributed by atoms with Crippen LogP contribution in [0.1, 0.15) is 39.5 Å². The minimum atomic E-state index is 0.411. The summed E-state index contributed by atoms with van der Waals surface area (Å²) in [7, 11) is 2.35. The van der Waals surface area contributed by atoms with Crippen LogP contribution in [0, 0.1) is 11.8 Å². The van der Waals surface area contributed by atoms with Gasteiger partial charge in [0.2, 0.25) is 0 Å². The second kappa shape index (κ2) is 4.19. The molecule has 0 aromatic carbocycles. The van der Waals surface area contributed by atoms with E-state index in [9.17, 15) is 0 Å². The van der Waals surface area contributed by atoms with Crippen molar-refractivity contribution in [3.63, 3.8) is 0 Å². The van der Waals surface area contributed by atoms with Crippen LogP contribution in [0.15, 0.2) is 0 Å². The first-order valence-electron chi connectivity index (χ1n) is 8.26. The van der Waals surface area contributed by atoms with Crippen LogP contribution in [-0.4, -0.2) is 60.1 Å². The lowest BCUT2D eigenvalue weighted by molar-refractivity contribution is 0.0271. The first-order chi connectivity index (χ1) is 9.07. The molecule has 0 aliphatic carbocycles. The fourth-order valence-corrected chi connectivity index (χ4v) is 5.71. The van der Waals surface area contributed by atoms with Gasteiger partial charge in [-0.3, -0.25) is 4.90 Å². The van der Waals surface area contributed by atoms with Gasteiger partial charge < -0.3 is 10.2 Å². The molecule has 4 aliphatic rings. The largest absolute Gasteiger partial charge is 0.316 e. The molecule has 4 unspecified atom stereocenters. The third kappa shape index (κ3) is 1.74. The van der Waals surface area contributed by atoms with Gasteiger partial charge in [-0.15, -0.1) is 0 Å². The van der Waals surface area contributed by atoms with Gasteiger partial charge >= 0.3 is 0 Å². The Morgan fingerprint density at radius 3 is 2.32 bits per heavy atom. The van der Waals surface area contributed by atoms with Gasteiger partial charge in [0.1, 0.15) is 0 Å². The molecule has 1 N–H and O–H groups in total. The summed E-state index contributed by atoms with van der Waals surface area (Å²) in [5.74, 6) is 1.79. The van der Waals surface area contributed by atoms with Gasteiger partial charge in [0.25, 0.3) is 0 Å². The minimum absolute atomic E-state index is 0.411. The van der Waals surface area contributed by atoms with Crippen molar-refractivity contribution in [1.82, 2.24) is 15.1 Å². The molecular weight excluding hydrogens is 234 g/mol. The standard InChI is InChI=1S/C16H29N3/c1-16(2)15-9-17-8-11(15)10-19(16)14-6-12-4-5-13(7-14)18(12)3/h11-15,17H,4-10H2,1-3H3. The van der Waals surface area contributed by atoms with E-state index in [4.69, 9.17) is 0 Å².